The normalized spacial score (nSPS) is 34.0. The second kappa shape index (κ2) is 8.07. The molecule has 3 fully saturated rings. The number of ether oxygens (including phenoxy) is 1. The van der Waals surface area contributed by atoms with Gasteiger partial charge in [0.15, 0.2) is 16.6 Å². The first-order valence-electron chi connectivity index (χ1n) is 13.5. The second-order valence-electron chi connectivity index (χ2n) is 11.7. The van der Waals surface area contributed by atoms with Crippen molar-refractivity contribution in [1.82, 2.24) is 15.1 Å². The summed E-state index contributed by atoms with van der Waals surface area (Å²) in [6.45, 7) is 2.72. The van der Waals surface area contributed by atoms with Crippen molar-refractivity contribution in [2.75, 3.05) is 20.1 Å². The Morgan fingerprint density at radius 2 is 1.97 bits per heavy atom. The highest BCUT2D eigenvalue weighted by molar-refractivity contribution is 7.80. The van der Waals surface area contributed by atoms with E-state index in [1.54, 1.807) is 6.07 Å². The molecule has 7 heteroatoms. The molecule has 2 saturated carbocycles. The minimum Gasteiger partial charge on any atom is -0.504 e. The van der Waals surface area contributed by atoms with E-state index in [0.29, 0.717) is 23.8 Å². The molecule has 2 aliphatic heterocycles. The summed E-state index contributed by atoms with van der Waals surface area (Å²) in [7, 11) is 2.04. The molecule has 0 amide bonds. The van der Waals surface area contributed by atoms with E-state index in [1.807, 2.05) is 25.2 Å². The van der Waals surface area contributed by atoms with Crippen LogP contribution in [-0.2, 0) is 18.4 Å². The number of hydrogen-bond donors (Lipinski definition) is 3. The van der Waals surface area contributed by atoms with Crippen LogP contribution in [0.4, 0.5) is 0 Å². The first kappa shape index (κ1) is 22.8. The number of phenolic OH excluding ortho intramolecular Hbond substituents is 1. The summed E-state index contributed by atoms with van der Waals surface area (Å²) in [5, 5.41) is 27.6. The molecule has 0 radical (unpaired) electrons. The predicted octanol–water partition coefficient (Wildman–Crippen LogP) is 3.33. The van der Waals surface area contributed by atoms with Gasteiger partial charge in [0.25, 0.3) is 0 Å². The Balaban J connectivity index is 1.23. The Morgan fingerprint density at radius 3 is 2.75 bits per heavy atom. The third kappa shape index (κ3) is 3.12. The van der Waals surface area contributed by atoms with Crippen LogP contribution in [0.5, 0.6) is 11.5 Å². The maximum atomic E-state index is 12.6. The molecule has 5 atom stereocenters. The summed E-state index contributed by atoms with van der Waals surface area (Å²) in [5.41, 5.74) is 2.09. The van der Waals surface area contributed by atoms with Gasteiger partial charge in [-0.05, 0) is 80.4 Å². The largest absolute Gasteiger partial charge is 0.504 e. The first-order valence-corrected chi connectivity index (χ1v) is 13.9. The van der Waals surface area contributed by atoms with Crippen molar-refractivity contribution in [2.45, 2.75) is 74.3 Å². The summed E-state index contributed by atoms with van der Waals surface area (Å²) < 4.78 is 6.69. The van der Waals surface area contributed by atoms with Crippen molar-refractivity contribution < 1.29 is 14.9 Å². The lowest BCUT2D eigenvalue weighted by molar-refractivity contribution is -0.196. The molecule has 2 bridgehead atoms. The van der Waals surface area contributed by atoms with Gasteiger partial charge in [0.05, 0.1) is 17.1 Å². The topological polar surface area (TPSA) is 68.2 Å². The molecule has 2 heterocycles. The van der Waals surface area contributed by atoms with E-state index in [9.17, 15) is 10.2 Å². The molecule has 3 N–H and O–H groups in total. The van der Waals surface area contributed by atoms with E-state index < -0.39 is 11.0 Å². The zero-order valence-electron chi connectivity index (χ0n) is 20.8. The number of benzene rings is 2. The number of aromatic hydroxyl groups is 1. The molecule has 1 spiro atoms. The SMILES string of the molecule is CN(C(=S)NCc1ccccc1)C1CC[C@@]2(O)[C@H]3Cc4ccc(O)c5c4[C@@]2(CCN3CC2CC2)[C@H]1O5. The van der Waals surface area contributed by atoms with E-state index in [2.05, 4.69) is 33.3 Å². The van der Waals surface area contributed by atoms with Crippen molar-refractivity contribution in [3.05, 3.63) is 59.2 Å². The summed E-state index contributed by atoms with van der Waals surface area (Å²) in [4.78, 5) is 4.71. The minimum absolute atomic E-state index is 0.00873. The van der Waals surface area contributed by atoms with E-state index in [1.165, 1.54) is 24.0 Å². The second-order valence-corrected chi connectivity index (χ2v) is 12.0. The van der Waals surface area contributed by atoms with Crippen LogP contribution >= 0.6 is 12.2 Å². The number of likely N-dealkylation sites (N-methyl/N-ethyl adjacent to an activating group) is 1. The molecular weight excluding hydrogens is 470 g/mol. The van der Waals surface area contributed by atoms with Crippen molar-refractivity contribution in [2.24, 2.45) is 5.92 Å². The van der Waals surface area contributed by atoms with Crippen molar-refractivity contribution in [1.29, 1.82) is 0 Å². The number of aliphatic hydroxyl groups is 1. The highest BCUT2D eigenvalue weighted by atomic mass is 32.1. The number of likely N-dealkylation sites (tertiary alicyclic amines) is 1. The van der Waals surface area contributed by atoms with Crippen LogP contribution in [0.25, 0.3) is 0 Å². The fraction of sp³-hybridized carbons (Fsp3) is 0.552. The van der Waals surface area contributed by atoms with Crippen molar-refractivity contribution >= 4 is 17.3 Å². The molecule has 36 heavy (non-hydrogen) atoms. The molecular formula is C29H35N3O3S. The lowest BCUT2D eigenvalue weighted by atomic mass is 9.48. The fourth-order valence-corrected chi connectivity index (χ4v) is 8.11. The number of thiocarbonyl (C=S) groups is 1. The average molecular weight is 506 g/mol. The van der Waals surface area contributed by atoms with E-state index in [-0.39, 0.29) is 23.9 Å². The Bertz CT molecular complexity index is 1200. The predicted molar refractivity (Wildman–Crippen MR) is 142 cm³/mol. The Labute approximate surface area is 218 Å². The third-order valence-electron chi connectivity index (χ3n) is 9.84. The van der Waals surface area contributed by atoms with Crippen molar-refractivity contribution in [3.8, 4) is 11.5 Å². The number of rotatable bonds is 5. The van der Waals surface area contributed by atoms with Gasteiger partial charge < -0.3 is 25.2 Å². The summed E-state index contributed by atoms with van der Waals surface area (Å²) in [6.07, 6.45) is 5.54. The molecule has 3 aliphatic carbocycles. The van der Waals surface area contributed by atoms with Crippen LogP contribution in [0, 0.1) is 5.92 Å². The molecule has 1 saturated heterocycles. The van der Waals surface area contributed by atoms with E-state index in [0.717, 1.165) is 43.8 Å². The molecule has 6 nitrogen and oxygen atoms in total. The summed E-state index contributed by atoms with van der Waals surface area (Å²) in [6, 6.07) is 14.2. The first-order chi connectivity index (χ1) is 17.4. The van der Waals surface area contributed by atoms with Gasteiger partial charge in [-0.1, -0.05) is 36.4 Å². The van der Waals surface area contributed by atoms with Gasteiger partial charge in [-0.25, -0.2) is 0 Å². The quantitative estimate of drug-likeness (QED) is 0.539. The maximum Gasteiger partial charge on any atom is 0.169 e. The van der Waals surface area contributed by atoms with E-state index >= 15 is 0 Å². The third-order valence-corrected chi connectivity index (χ3v) is 10.3. The average Bonchev–Trinajstić information content (AvgIpc) is 3.63. The van der Waals surface area contributed by atoms with Gasteiger partial charge in [-0.2, -0.15) is 0 Å². The maximum absolute atomic E-state index is 12.6. The van der Waals surface area contributed by atoms with Crippen LogP contribution in [0.3, 0.4) is 0 Å². The van der Waals surface area contributed by atoms with E-state index in [4.69, 9.17) is 17.0 Å². The number of piperidine rings is 1. The lowest BCUT2D eigenvalue weighted by Gasteiger charge is -2.64. The summed E-state index contributed by atoms with van der Waals surface area (Å²) in [5.74, 6) is 1.56. The molecule has 2 aromatic carbocycles. The Morgan fingerprint density at radius 1 is 1.17 bits per heavy atom. The van der Waals surface area contributed by atoms with Crippen molar-refractivity contribution in [3.63, 3.8) is 0 Å². The van der Waals surface area contributed by atoms with Crippen LogP contribution in [0.15, 0.2) is 42.5 Å². The zero-order chi connectivity index (χ0) is 24.7. The fourth-order valence-electron chi connectivity index (χ4n) is 7.90. The van der Waals surface area contributed by atoms with Gasteiger partial charge in [0.1, 0.15) is 6.10 Å². The highest BCUT2D eigenvalue weighted by Gasteiger charge is 2.73. The smallest absolute Gasteiger partial charge is 0.169 e. The standard InChI is InChI=1S/C29H35N3O3S/c1-31(27(36)30-16-18-5-3-2-4-6-18)21-11-12-29(34)23-15-20-9-10-22(33)25-24(20)28(29,26(21)35-25)13-14-32(23)17-19-7-8-19/h2-6,9-10,19,21,23,26,33-34H,7-8,11-17H2,1H3,(H,30,36)/t21?,23-,26+,28+,29-/m1/s1. The van der Waals surface area contributed by atoms with Gasteiger partial charge in [-0.3, -0.25) is 4.90 Å². The number of nitrogens with zero attached hydrogens (tertiary/aromatic N) is 2. The molecule has 190 valence electrons. The monoisotopic (exact) mass is 505 g/mol. The minimum atomic E-state index is -0.868. The number of phenols is 1. The number of hydrogen-bond acceptors (Lipinski definition) is 5. The summed E-state index contributed by atoms with van der Waals surface area (Å²) >= 11 is 5.85. The molecule has 1 unspecified atom stereocenters. The molecule has 2 aromatic rings. The Hall–Kier alpha value is -2.35. The highest BCUT2D eigenvalue weighted by Crippen LogP contribution is 2.66. The van der Waals surface area contributed by atoms with Crippen LogP contribution in [0.1, 0.15) is 48.8 Å². The van der Waals surface area contributed by atoms with Gasteiger partial charge in [-0.15, -0.1) is 0 Å². The van der Waals surface area contributed by atoms with Gasteiger partial charge in [0, 0.05) is 31.7 Å². The molecule has 7 rings (SSSR count). The molecule has 0 aromatic heterocycles. The van der Waals surface area contributed by atoms with Gasteiger partial charge in [0.2, 0.25) is 0 Å². The molecule has 5 aliphatic rings. The van der Waals surface area contributed by atoms with Crippen LogP contribution < -0.4 is 10.1 Å². The van der Waals surface area contributed by atoms with Crippen LogP contribution in [-0.4, -0.2) is 69.1 Å². The van der Waals surface area contributed by atoms with Crippen LogP contribution in [0.2, 0.25) is 0 Å². The Kier molecular flexibility index (Phi) is 5.12. The van der Waals surface area contributed by atoms with Gasteiger partial charge >= 0.3 is 0 Å². The zero-order valence-corrected chi connectivity index (χ0v) is 21.6. The number of nitrogens with one attached hydrogen (secondary N) is 1. The lowest BCUT2D eigenvalue weighted by Crippen LogP contribution is -2.78.